The number of para-hydroxylation sites is 1. The van der Waals surface area contributed by atoms with Crippen LogP contribution in [0.5, 0.6) is 0 Å². The molecule has 1 amide bonds. The SMILES string of the molecule is CC(C)(C)OC(=O)N1CCN2C(NCc3cc4ccccc4o3)=NCC2C1.I. The third-order valence-corrected chi connectivity index (χ3v) is 4.76. The zero-order valence-corrected chi connectivity index (χ0v) is 18.8. The van der Waals surface area contributed by atoms with Crippen LogP contribution in [0.3, 0.4) is 0 Å². The standard InChI is InChI=1S/C20H26N4O3.HI/c1-20(2,3)27-19(25)23-8-9-24-15(13-23)11-21-18(24)22-12-16-10-14-6-4-5-7-17(14)26-16;/h4-7,10,15H,8-9,11-13H2,1-3H3,(H,21,22);1H. The van der Waals surface area contributed by atoms with Crippen LogP contribution >= 0.6 is 24.0 Å². The van der Waals surface area contributed by atoms with Gasteiger partial charge in [0.1, 0.15) is 16.9 Å². The van der Waals surface area contributed by atoms with Crippen LogP contribution in [-0.2, 0) is 11.3 Å². The number of aliphatic imine (C=N–C) groups is 1. The summed E-state index contributed by atoms with van der Waals surface area (Å²) in [5.41, 5.74) is 0.422. The number of benzene rings is 1. The second-order valence-corrected chi connectivity index (χ2v) is 8.04. The molecule has 4 rings (SSSR count). The van der Waals surface area contributed by atoms with Crippen LogP contribution in [0.1, 0.15) is 26.5 Å². The van der Waals surface area contributed by atoms with Crippen LogP contribution in [0.15, 0.2) is 39.7 Å². The van der Waals surface area contributed by atoms with Crippen LogP contribution in [-0.4, -0.2) is 59.7 Å². The van der Waals surface area contributed by atoms with E-state index in [1.165, 1.54) is 0 Å². The van der Waals surface area contributed by atoms with Crippen molar-refractivity contribution in [3.8, 4) is 0 Å². The van der Waals surface area contributed by atoms with Gasteiger partial charge in [-0.05, 0) is 32.9 Å². The minimum Gasteiger partial charge on any atom is -0.459 e. The maximum absolute atomic E-state index is 12.3. The number of halogens is 1. The first-order valence-corrected chi connectivity index (χ1v) is 9.39. The molecule has 1 saturated heterocycles. The number of nitrogens with zero attached hydrogens (tertiary/aromatic N) is 3. The van der Waals surface area contributed by atoms with E-state index in [4.69, 9.17) is 9.15 Å². The van der Waals surface area contributed by atoms with Gasteiger partial charge in [-0.2, -0.15) is 0 Å². The average molecular weight is 498 g/mol. The number of amides is 1. The number of furan rings is 1. The first-order chi connectivity index (χ1) is 12.9. The smallest absolute Gasteiger partial charge is 0.410 e. The summed E-state index contributed by atoms with van der Waals surface area (Å²) >= 11 is 0. The fraction of sp³-hybridized carbons (Fsp3) is 0.500. The number of piperazine rings is 1. The number of ether oxygens (including phenoxy) is 1. The molecule has 1 atom stereocenters. The van der Waals surface area contributed by atoms with Crippen molar-refractivity contribution < 1.29 is 13.9 Å². The zero-order valence-electron chi connectivity index (χ0n) is 16.5. The lowest BCUT2D eigenvalue weighted by atomic mass is 10.2. The molecule has 1 aromatic heterocycles. The molecule has 2 aliphatic rings. The van der Waals surface area contributed by atoms with E-state index in [1.54, 1.807) is 4.90 Å². The molecule has 0 saturated carbocycles. The summed E-state index contributed by atoms with van der Waals surface area (Å²) in [4.78, 5) is 20.9. The first-order valence-electron chi connectivity index (χ1n) is 9.39. The highest BCUT2D eigenvalue weighted by Gasteiger charge is 2.36. The van der Waals surface area contributed by atoms with E-state index in [0.29, 0.717) is 26.2 Å². The lowest BCUT2D eigenvalue weighted by Crippen LogP contribution is -2.57. The number of carbonyl (C=O) groups excluding carboxylic acids is 1. The number of carbonyl (C=O) groups is 1. The highest BCUT2D eigenvalue weighted by atomic mass is 127. The Morgan fingerprint density at radius 3 is 2.86 bits per heavy atom. The predicted molar refractivity (Wildman–Crippen MR) is 119 cm³/mol. The quantitative estimate of drug-likeness (QED) is 0.643. The number of hydrogen-bond donors (Lipinski definition) is 1. The molecule has 3 heterocycles. The Kier molecular flexibility index (Phi) is 6.07. The number of rotatable bonds is 2. The third-order valence-electron chi connectivity index (χ3n) is 4.76. The summed E-state index contributed by atoms with van der Waals surface area (Å²) in [7, 11) is 0. The van der Waals surface area contributed by atoms with Crippen molar-refractivity contribution in [3.05, 3.63) is 36.1 Å². The molecule has 1 fully saturated rings. The number of fused-ring (bicyclic) bond motifs is 2. The fourth-order valence-electron chi connectivity index (χ4n) is 3.51. The number of guanidine groups is 1. The normalized spacial score (nSPS) is 19.1. The van der Waals surface area contributed by atoms with Gasteiger partial charge in [-0.15, -0.1) is 24.0 Å². The molecule has 0 spiro atoms. The third kappa shape index (κ3) is 4.53. The Morgan fingerprint density at radius 2 is 2.11 bits per heavy atom. The lowest BCUT2D eigenvalue weighted by molar-refractivity contribution is 0.0137. The van der Waals surface area contributed by atoms with E-state index < -0.39 is 5.60 Å². The molecule has 8 heteroatoms. The van der Waals surface area contributed by atoms with Crippen LogP contribution in [0, 0.1) is 0 Å². The van der Waals surface area contributed by atoms with Crippen LogP contribution in [0.4, 0.5) is 4.79 Å². The monoisotopic (exact) mass is 498 g/mol. The van der Waals surface area contributed by atoms with Crippen molar-refractivity contribution >= 4 is 47.0 Å². The molecule has 28 heavy (non-hydrogen) atoms. The van der Waals surface area contributed by atoms with Gasteiger partial charge in [0.05, 0.1) is 19.1 Å². The van der Waals surface area contributed by atoms with Crippen LogP contribution < -0.4 is 5.32 Å². The second-order valence-electron chi connectivity index (χ2n) is 8.04. The molecule has 1 aromatic carbocycles. The molecule has 0 bridgehead atoms. The van der Waals surface area contributed by atoms with Gasteiger partial charge < -0.3 is 24.3 Å². The Bertz CT molecular complexity index is 841. The summed E-state index contributed by atoms with van der Waals surface area (Å²) in [6.45, 7) is 8.95. The van der Waals surface area contributed by atoms with Crippen molar-refractivity contribution in [1.29, 1.82) is 0 Å². The van der Waals surface area contributed by atoms with Crippen molar-refractivity contribution in [2.75, 3.05) is 26.2 Å². The summed E-state index contributed by atoms with van der Waals surface area (Å²) in [6, 6.07) is 10.2. The first kappa shape index (κ1) is 20.8. The van der Waals surface area contributed by atoms with E-state index >= 15 is 0 Å². The number of hydrogen-bond acceptors (Lipinski definition) is 6. The largest absolute Gasteiger partial charge is 0.459 e. The molecule has 7 nitrogen and oxygen atoms in total. The van der Waals surface area contributed by atoms with Gasteiger partial charge in [-0.3, -0.25) is 4.99 Å². The number of nitrogens with one attached hydrogen (secondary N) is 1. The molecular weight excluding hydrogens is 471 g/mol. The maximum Gasteiger partial charge on any atom is 0.410 e. The van der Waals surface area contributed by atoms with Crippen molar-refractivity contribution in [2.24, 2.45) is 4.99 Å². The summed E-state index contributed by atoms with van der Waals surface area (Å²) in [5.74, 6) is 1.76. The molecular formula is C20H27IN4O3. The molecule has 2 aliphatic heterocycles. The summed E-state index contributed by atoms with van der Waals surface area (Å²) < 4.78 is 11.3. The Morgan fingerprint density at radius 1 is 1.32 bits per heavy atom. The van der Waals surface area contributed by atoms with Crippen LogP contribution in [0.25, 0.3) is 11.0 Å². The van der Waals surface area contributed by atoms with Gasteiger partial charge in [0.25, 0.3) is 0 Å². The van der Waals surface area contributed by atoms with Gasteiger partial charge in [0.2, 0.25) is 0 Å². The van der Waals surface area contributed by atoms with Crippen molar-refractivity contribution in [1.82, 2.24) is 15.1 Å². The van der Waals surface area contributed by atoms with Crippen LogP contribution in [0.2, 0.25) is 0 Å². The molecule has 0 radical (unpaired) electrons. The highest BCUT2D eigenvalue weighted by molar-refractivity contribution is 14.0. The molecule has 2 aromatic rings. The lowest BCUT2D eigenvalue weighted by Gasteiger charge is -2.39. The van der Waals surface area contributed by atoms with Gasteiger partial charge in [-0.25, -0.2) is 4.79 Å². The van der Waals surface area contributed by atoms with Gasteiger partial charge in [0, 0.05) is 25.0 Å². The summed E-state index contributed by atoms with van der Waals surface area (Å²) in [6.07, 6.45) is -0.245. The molecule has 152 valence electrons. The zero-order chi connectivity index (χ0) is 19.0. The molecule has 0 aliphatic carbocycles. The minimum atomic E-state index is -0.473. The van der Waals surface area contributed by atoms with Crippen molar-refractivity contribution in [3.63, 3.8) is 0 Å². The maximum atomic E-state index is 12.3. The fourth-order valence-corrected chi connectivity index (χ4v) is 3.51. The topological polar surface area (TPSA) is 70.3 Å². The van der Waals surface area contributed by atoms with Gasteiger partial charge >= 0.3 is 6.09 Å². The van der Waals surface area contributed by atoms with E-state index in [2.05, 4.69) is 21.3 Å². The minimum absolute atomic E-state index is 0. The highest BCUT2D eigenvalue weighted by Crippen LogP contribution is 2.21. The average Bonchev–Trinajstić information content (AvgIpc) is 3.21. The predicted octanol–water partition coefficient (Wildman–Crippen LogP) is 3.43. The van der Waals surface area contributed by atoms with E-state index in [1.807, 2.05) is 45.0 Å². The molecule has 1 unspecified atom stereocenters. The Labute approximate surface area is 182 Å². The second kappa shape index (κ2) is 8.18. The van der Waals surface area contributed by atoms with Gasteiger partial charge in [-0.1, -0.05) is 18.2 Å². The van der Waals surface area contributed by atoms with E-state index in [-0.39, 0.29) is 36.1 Å². The van der Waals surface area contributed by atoms with E-state index in [0.717, 1.165) is 29.2 Å². The molecule has 1 N–H and O–H groups in total. The van der Waals surface area contributed by atoms with Crippen molar-refractivity contribution in [2.45, 2.75) is 39.0 Å². The van der Waals surface area contributed by atoms with E-state index in [9.17, 15) is 4.79 Å². The Hall–Kier alpha value is -1.97. The van der Waals surface area contributed by atoms with Gasteiger partial charge in [0.15, 0.2) is 5.96 Å². The summed E-state index contributed by atoms with van der Waals surface area (Å²) in [5, 5.41) is 4.49. The Balaban J connectivity index is 0.00000225.